The lowest BCUT2D eigenvalue weighted by atomic mass is 10.5. The van der Waals surface area contributed by atoms with Crippen molar-refractivity contribution in [2.45, 2.75) is 6.54 Å². The summed E-state index contributed by atoms with van der Waals surface area (Å²) in [7, 11) is 0. The summed E-state index contributed by atoms with van der Waals surface area (Å²) < 4.78 is 0. The van der Waals surface area contributed by atoms with Crippen LogP contribution in [0, 0.1) is 0 Å². The Bertz CT molecular complexity index is 325. The largest absolute Gasteiger partial charge is 0.479 e. The van der Waals surface area contributed by atoms with Crippen LogP contribution in [0.2, 0.25) is 0 Å². The van der Waals surface area contributed by atoms with E-state index in [4.69, 9.17) is 5.11 Å². The summed E-state index contributed by atoms with van der Waals surface area (Å²) in [6.07, 6.45) is 0. The average molecular weight is 230 g/mol. The lowest BCUT2D eigenvalue weighted by Crippen LogP contribution is -2.36. The second-order valence-electron chi connectivity index (χ2n) is 2.55. The van der Waals surface area contributed by atoms with E-state index in [9.17, 15) is 9.59 Å². The number of hydrogen-bond donors (Lipinski definition) is 3. The minimum Gasteiger partial charge on any atom is -0.479 e. The molecule has 15 heavy (non-hydrogen) atoms. The van der Waals surface area contributed by atoms with E-state index in [2.05, 4.69) is 10.2 Å². The lowest BCUT2D eigenvalue weighted by Gasteiger charge is -2.04. The molecule has 0 saturated carbocycles. The zero-order valence-electron chi connectivity index (χ0n) is 7.73. The van der Waals surface area contributed by atoms with Gasteiger partial charge in [0, 0.05) is 4.88 Å². The van der Waals surface area contributed by atoms with E-state index >= 15 is 0 Å². The van der Waals surface area contributed by atoms with Gasteiger partial charge in [-0.1, -0.05) is 6.07 Å². The summed E-state index contributed by atoms with van der Waals surface area (Å²) in [4.78, 5) is 26.4. The Hall–Kier alpha value is -1.60. The van der Waals surface area contributed by atoms with Gasteiger partial charge in [0.25, 0.3) is 0 Å². The number of carboxylic acid groups (broad SMARTS) is 1. The van der Waals surface area contributed by atoms with Crippen molar-refractivity contribution in [3.05, 3.63) is 22.4 Å². The molecule has 0 aromatic carbocycles. The molecule has 3 N–H and O–H groups in total. The minimum absolute atomic E-state index is 0.389. The molecule has 0 aliphatic carbocycles. The first kappa shape index (κ1) is 11.5. The first-order chi connectivity index (χ1) is 7.18. The van der Waals surface area contributed by atoms with Crippen LogP contribution in [0.5, 0.6) is 0 Å². The maximum Gasteiger partial charge on any atom is 0.339 e. The fourth-order valence-corrected chi connectivity index (χ4v) is 1.42. The molecule has 0 aliphatic rings. The number of carbonyl (C=O) groups is 2. The molecule has 0 saturated heterocycles. The summed E-state index contributed by atoms with van der Waals surface area (Å²) in [5, 5.41) is 12.6. The van der Waals surface area contributed by atoms with E-state index < -0.39 is 18.6 Å². The molecule has 0 unspecified atom stereocenters. The Morgan fingerprint density at radius 2 is 2.33 bits per heavy atom. The highest BCUT2D eigenvalue weighted by molar-refractivity contribution is 7.09. The fraction of sp³-hybridized carbons (Fsp3) is 0.250. The number of urea groups is 1. The van der Waals surface area contributed by atoms with Crippen molar-refractivity contribution in [2.24, 2.45) is 0 Å². The highest BCUT2D eigenvalue weighted by Crippen LogP contribution is 2.06. The smallest absolute Gasteiger partial charge is 0.339 e. The van der Waals surface area contributed by atoms with Crippen LogP contribution < -0.4 is 10.8 Å². The van der Waals surface area contributed by atoms with Gasteiger partial charge in [-0.2, -0.15) is 0 Å². The maximum absolute atomic E-state index is 11.0. The molecule has 0 radical (unpaired) electrons. The van der Waals surface area contributed by atoms with Gasteiger partial charge in [0.05, 0.1) is 6.54 Å². The van der Waals surface area contributed by atoms with Crippen molar-refractivity contribution in [3.63, 3.8) is 0 Å². The highest BCUT2D eigenvalue weighted by atomic mass is 32.1. The van der Waals surface area contributed by atoms with Crippen LogP contribution in [-0.4, -0.2) is 23.7 Å². The topological polar surface area (TPSA) is 87.7 Å². The third kappa shape index (κ3) is 4.99. The molecular weight excluding hydrogens is 220 g/mol. The first-order valence-electron chi connectivity index (χ1n) is 4.08. The van der Waals surface area contributed by atoms with Gasteiger partial charge in [-0.25, -0.2) is 15.1 Å². The number of hydrogen-bond acceptors (Lipinski definition) is 4. The third-order valence-electron chi connectivity index (χ3n) is 1.36. The van der Waals surface area contributed by atoms with Gasteiger partial charge in [-0.05, 0) is 11.4 Å². The molecule has 0 atom stereocenters. The second kappa shape index (κ2) is 5.99. The van der Waals surface area contributed by atoms with E-state index in [0.717, 1.165) is 4.88 Å². The Labute approximate surface area is 89.8 Å². The number of nitrogens with one attached hydrogen (secondary N) is 2. The maximum atomic E-state index is 11.0. The number of carbonyl (C=O) groups excluding carboxylic acids is 1. The van der Waals surface area contributed by atoms with E-state index in [1.807, 2.05) is 23.0 Å². The standard InChI is InChI=1S/C8H10N2O4S/c11-7(12)5-14-10-8(13)9-4-6-2-1-3-15-6/h1-3H,4-5H2,(H,11,12)(H2,9,10,13). The number of thiophene rings is 1. The molecule has 6 nitrogen and oxygen atoms in total. The van der Waals surface area contributed by atoms with Crippen LogP contribution >= 0.6 is 11.3 Å². The number of aliphatic carboxylic acids is 1. The van der Waals surface area contributed by atoms with Crippen LogP contribution in [0.15, 0.2) is 17.5 Å². The Kier molecular flexibility index (Phi) is 4.58. The molecule has 0 fully saturated rings. The Balaban J connectivity index is 2.11. The van der Waals surface area contributed by atoms with Crippen molar-refractivity contribution in [1.29, 1.82) is 0 Å². The SMILES string of the molecule is O=C(O)CONC(=O)NCc1cccs1. The van der Waals surface area contributed by atoms with Gasteiger partial charge in [0.1, 0.15) is 0 Å². The number of carboxylic acids is 1. The van der Waals surface area contributed by atoms with Gasteiger partial charge in [-0.3, -0.25) is 4.84 Å². The molecule has 0 bridgehead atoms. The Morgan fingerprint density at radius 1 is 1.53 bits per heavy atom. The number of rotatable bonds is 5. The summed E-state index contributed by atoms with van der Waals surface area (Å²) in [5.74, 6) is -1.14. The van der Waals surface area contributed by atoms with Gasteiger partial charge in [0.2, 0.25) is 0 Å². The zero-order valence-corrected chi connectivity index (χ0v) is 8.54. The van der Waals surface area contributed by atoms with Gasteiger partial charge >= 0.3 is 12.0 Å². The number of amides is 2. The second-order valence-corrected chi connectivity index (χ2v) is 3.58. The molecule has 0 spiro atoms. The summed E-state index contributed by atoms with van der Waals surface area (Å²) >= 11 is 1.52. The lowest BCUT2D eigenvalue weighted by molar-refractivity contribution is -0.144. The molecule has 82 valence electrons. The van der Waals surface area contributed by atoms with E-state index in [1.165, 1.54) is 11.3 Å². The summed E-state index contributed by atoms with van der Waals surface area (Å²) in [6, 6.07) is 3.19. The van der Waals surface area contributed by atoms with Gasteiger partial charge < -0.3 is 10.4 Å². The normalized spacial score (nSPS) is 9.60. The molecule has 1 rings (SSSR count). The molecule has 1 aromatic rings. The van der Waals surface area contributed by atoms with Crippen LogP contribution in [-0.2, 0) is 16.2 Å². The first-order valence-corrected chi connectivity index (χ1v) is 4.96. The van der Waals surface area contributed by atoms with Crippen molar-refractivity contribution in [2.75, 3.05) is 6.61 Å². The van der Waals surface area contributed by atoms with Gasteiger partial charge in [-0.15, -0.1) is 11.3 Å². The monoisotopic (exact) mass is 230 g/mol. The quantitative estimate of drug-likeness (QED) is 0.645. The van der Waals surface area contributed by atoms with Crippen molar-refractivity contribution in [3.8, 4) is 0 Å². The Morgan fingerprint density at radius 3 is 2.93 bits per heavy atom. The molecule has 1 aromatic heterocycles. The summed E-state index contributed by atoms with van der Waals surface area (Å²) in [5.41, 5.74) is 1.95. The molecular formula is C8H10N2O4S. The predicted molar refractivity (Wildman–Crippen MR) is 53.3 cm³/mol. The van der Waals surface area contributed by atoms with Crippen LogP contribution in [0.1, 0.15) is 4.88 Å². The summed E-state index contributed by atoms with van der Waals surface area (Å²) in [6.45, 7) is -0.174. The predicted octanol–water partition coefficient (Wildman–Crippen LogP) is 0.564. The number of hydroxylamine groups is 1. The van der Waals surface area contributed by atoms with Gasteiger partial charge in [0.15, 0.2) is 6.61 Å². The van der Waals surface area contributed by atoms with Crippen LogP contribution in [0.3, 0.4) is 0 Å². The van der Waals surface area contributed by atoms with Crippen molar-refractivity contribution in [1.82, 2.24) is 10.8 Å². The van der Waals surface area contributed by atoms with Crippen molar-refractivity contribution < 1.29 is 19.5 Å². The van der Waals surface area contributed by atoms with Crippen LogP contribution in [0.4, 0.5) is 4.79 Å². The highest BCUT2D eigenvalue weighted by Gasteiger charge is 2.02. The molecule has 2 amide bonds. The average Bonchev–Trinajstić information content (AvgIpc) is 2.66. The van der Waals surface area contributed by atoms with E-state index in [1.54, 1.807) is 0 Å². The minimum atomic E-state index is -1.14. The van der Waals surface area contributed by atoms with E-state index in [0.29, 0.717) is 6.54 Å². The molecule has 0 aliphatic heterocycles. The van der Waals surface area contributed by atoms with Crippen molar-refractivity contribution >= 4 is 23.3 Å². The molecule has 7 heteroatoms. The fourth-order valence-electron chi connectivity index (χ4n) is 0.780. The van der Waals surface area contributed by atoms with E-state index in [-0.39, 0.29) is 0 Å². The third-order valence-corrected chi connectivity index (χ3v) is 2.24. The zero-order chi connectivity index (χ0) is 11.1. The molecule has 1 heterocycles. The van der Waals surface area contributed by atoms with Crippen LogP contribution in [0.25, 0.3) is 0 Å².